The minimum Gasteiger partial charge on any atom is -0.384 e. The number of rotatable bonds is 8. The van der Waals surface area contributed by atoms with Gasteiger partial charge in [-0.05, 0) is 81.3 Å². The monoisotopic (exact) mass is 540 g/mol. The molecule has 3 fully saturated rings. The average Bonchev–Trinajstić information content (AvgIpc) is 3.60. The van der Waals surface area contributed by atoms with E-state index in [9.17, 15) is 4.79 Å². The maximum absolute atomic E-state index is 12.8. The highest BCUT2D eigenvalue weighted by Crippen LogP contribution is 2.36. The van der Waals surface area contributed by atoms with E-state index < -0.39 is 0 Å². The standard InChI is InChI=1S/C33H40N4OS/c1-22-10-14-25(15-11-22)30-21-39-33(36-30)37-31(38)18-23-12-16-28(17-13-23)35-32(26-8-5-9-26)29-19-27(20-34-29)24-6-3-2-4-7-24/h2-4,6-7,10-11,14-15,21,23,27-29,34-35H,5,8-9,12-13,16-20H2,1H3,(H,36,37,38). The molecule has 5 nitrogen and oxygen atoms in total. The van der Waals surface area contributed by atoms with Crippen LogP contribution in [0, 0.1) is 12.8 Å². The van der Waals surface area contributed by atoms with Crippen LogP contribution in [0.3, 0.4) is 0 Å². The van der Waals surface area contributed by atoms with Crippen molar-refractivity contribution in [2.75, 3.05) is 11.9 Å². The number of anilines is 1. The lowest BCUT2D eigenvalue weighted by molar-refractivity contribution is -0.117. The molecule has 2 aliphatic carbocycles. The summed E-state index contributed by atoms with van der Waals surface area (Å²) < 4.78 is 0. The van der Waals surface area contributed by atoms with E-state index in [0.717, 1.165) is 43.5 Å². The second kappa shape index (κ2) is 12.1. The smallest absolute Gasteiger partial charge is 0.226 e. The van der Waals surface area contributed by atoms with Crippen molar-refractivity contribution in [1.82, 2.24) is 15.6 Å². The van der Waals surface area contributed by atoms with E-state index in [1.54, 1.807) is 5.57 Å². The van der Waals surface area contributed by atoms with Gasteiger partial charge in [0.25, 0.3) is 0 Å². The van der Waals surface area contributed by atoms with Crippen molar-refractivity contribution in [3.8, 4) is 11.3 Å². The van der Waals surface area contributed by atoms with Gasteiger partial charge in [-0.1, -0.05) is 60.2 Å². The third-order valence-electron chi connectivity index (χ3n) is 8.87. The van der Waals surface area contributed by atoms with Gasteiger partial charge in [0.05, 0.1) is 5.69 Å². The van der Waals surface area contributed by atoms with Gasteiger partial charge in [0.1, 0.15) is 0 Å². The first-order chi connectivity index (χ1) is 19.1. The Morgan fingerprint density at radius 2 is 1.79 bits per heavy atom. The Morgan fingerprint density at radius 3 is 2.51 bits per heavy atom. The topological polar surface area (TPSA) is 66.1 Å². The molecule has 0 bridgehead atoms. The molecule has 1 aromatic heterocycles. The molecule has 0 spiro atoms. The fourth-order valence-electron chi connectivity index (χ4n) is 6.36. The van der Waals surface area contributed by atoms with Gasteiger partial charge < -0.3 is 16.0 Å². The molecule has 3 N–H and O–H groups in total. The lowest BCUT2D eigenvalue weighted by Gasteiger charge is -2.34. The maximum atomic E-state index is 12.8. The van der Waals surface area contributed by atoms with E-state index >= 15 is 0 Å². The van der Waals surface area contributed by atoms with Crippen LogP contribution < -0.4 is 16.0 Å². The zero-order valence-corrected chi connectivity index (χ0v) is 23.7. The number of allylic oxidation sites excluding steroid dienone is 1. The van der Waals surface area contributed by atoms with Gasteiger partial charge in [-0.25, -0.2) is 4.98 Å². The fourth-order valence-corrected chi connectivity index (χ4v) is 7.09. The number of nitrogens with zero attached hydrogens (tertiary/aromatic N) is 1. The van der Waals surface area contributed by atoms with Crippen LogP contribution in [0.15, 0.2) is 71.2 Å². The number of hydrogen-bond donors (Lipinski definition) is 3. The van der Waals surface area contributed by atoms with Gasteiger partial charge in [0, 0.05) is 41.7 Å². The highest BCUT2D eigenvalue weighted by Gasteiger charge is 2.32. The SMILES string of the molecule is Cc1ccc(-c2csc(NC(=O)CC3CCC(NC(=C4CCC4)C4CC(c5ccccc5)CN4)CC3)n2)cc1. The minimum absolute atomic E-state index is 0.0931. The Hall–Kier alpha value is -2.96. The van der Waals surface area contributed by atoms with Crippen molar-refractivity contribution in [1.29, 1.82) is 0 Å². The van der Waals surface area contributed by atoms with Gasteiger partial charge in [0.2, 0.25) is 5.91 Å². The Kier molecular flexibility index (Phi) is 8.12. The zero-order chi connectivity index (χ0) is 26.6. The number of hydrogen-bond acceptors (Lipinski definition) is 5. The van der Waals surface area contributed by atoms with Crippen LogP contribution in [0.5, 0.6) is 0 Å². The van der Waals surface area contributed by atoms with E-state index in [4.69, 9.17) is 0 Å². The molecule has 2 unspecified atom stereocenters. The van der Waals surface area contributed by atoms with Crippen molar-refractivity contribution >= 4 is 22.4 Å². The minimum atomic E-state index is 0.0931. The summed E-state index contributed by atoms with van der Waals surface area (Å²) in [6.07, 6.45) is 10.1. The first-order valence-corrected chi connectivity index (χ1v) is 15.6. The normalized spacial score (nSPS) is 24.7. The van der Waals surface area contributed by atoms with Crippen molar-refractivity contribution < 1.29 is 4.79 Å². The van der Waals surface area contributed by atoms with Crippen LogP contribution in [0.2, 0.25) is 0 Å². The van der Waals surface area contributed by atoms with Gasteiger partial charge >= 0.3 is 0 Å². The van der Waals surface area contributed by atoms with E-state index in [-0.39, 0.29) is 5.91 Å². The van der Waals surface area contributed by atoms with E-state index in [2.05, 4.69) is 82.5 Å². The highest BCUT2D eigenvalue weighted by atomic mass is 32.1. The second-order valence-corrected chi connectivity index (χ2v) is 12.6. The van der Waals surface area contributed by atoms with Crippen LogP contribution in [0.1, 0.15) is 74.8 Å². The van der Waals surface area contributed by atoms with Crippen molar-refractivity contribution in [2.24, 2.45) is 5.92 Å². The highest BCUT2D eigenvalue weighted by molar-refractivity contribution is 7.14. The first-order valence-electron chi connectivity index (χ1n) is 14.7. The molecule has 2 saturated carbocycles. The summed E-state index contributed by atoms with van der Waals surface area (Å²) in [7, 11) is 0. The molecule has 6 heteroatoms. The molecule has 3 aromatic rings. The third-order valence-corrected chi connectivity index (χ3v) is 9.62. The predicted molar refractivity (Wildman–Crippen MR) is 161 cm³/mol. The quantitative estimate of drug-likeness (QED) is 0.283. The van der Waals surface area contributed by atoms with E-state index in [0.29, 0.717) is 35.5 Å². The third kappa shape index (κ3) is 6.44. The molecule has 1 aliphatic heterocycles. The molecule has 2 atom stereocenters. The Labute approximate surface area is 236 Å². The number of carbonyl (C=O) groups excluding carboxylic acids is 1. The van der Waals surface area contributed by atoms with Gasteiger partial charge in [-0.15, -0.1) is 11.3 Å². The summed E-state index contributed by atoms with van der Waals surface area (Å²) in [5.74, 6) is 1.13. The second-order valence-electron chi connectivity index (χ2n) is 11.7. The summed E-state index contributed by atoms with van der Waals surface area (Å²) in [4.78, 5) is 17.5. The summed E-state index contributed by atoms with van der Waals surface area (Å²) in [6.45, 7) is 3.14. The van der Waals surface area contributed by atoms with Gasteiger partial charge in [0.15, 0.2) is 5.13 Å². The average molecular weight is 541 g/mol. The molecule has 0 radical (unpaired) electrons. The van der Waals surface area contributed by atoms with Gasteiger partial charge in [-0.2, -0.15) is 0 Å². The largest absolute Gasteiger partial charge is 0.384 e. The molecule has 39 heavy (non-hydrogen) atoms. The number of carbonyl (C=O) groups is 1. The molecule has 1 amide bonds. The Morgan fingerprint density at radius 1 is 1.03 bits per heavy atom. The van der Waals surface area contributed by atoms with E-state index in [1.165, 1.54) is 53.8 Å². The van der Waals surface area contributed by atoms with Crippen LogP contribution >= 0.6 is 11.3 Å². The molecule has 6 rings (SSSR count). The zero-order valence-electron chi connectivity index (χ0n) is 22.9. The molecule has 204 valence electrons. The number of benzene rings is 2. The maximum Gasteiger partial charge on any atom is 0.226 e. The molecular weight excluding hydrogens is 500 g/mol. The van der Waals surface area contributed by atoms with Crippen LogP contribution in [0.25, 0.3) is 11.3 Å². The number of thiazole rings is 1. The summed E-state index contributed by atoms with van der Waals surface area (Å²) in [6, 6.07) is 20.3. The van der Waals surface area contributed by atoms with Crippen molar-refractivity contribution in [3.05, 3.63) is 82.4 Å². The number of aromatic nitrogens is 1. The Bertz CT molecular complexity index is 1280. The van der Waals surface area contributed by atoms with Gasteiger partial charge in [-0.3, -0.25) is 4.79 Å². The van der Waals surface area contributed by atoms with Crippen molar-refractivity contribution in [3.63, 3.8) is 0 Å². The van der Waals surface area contributed by atoms with Crippen LogP contribution in [0.4, 0.5) is 5.13 Å². The van der Waals surface area contributed by atoms with Crippen LogP contribution in [-0.4, -0.2) is 29.5 Å². The summed E-state index contributed by atoms with van der Waals surface area (Å²) >= 11 is 1.50. The fraction of sp³-hybridized carbons (Fsp3) is 0.455. The molecule has 3 aliphatic rings. The lowest BCUT2D eigenvalue weighted by Crippen LogP contribution is -2.41. The molecule has 2 aromatic carbocycles. The summed E-state index contributed by atoms with van der Waals surface area (Å²) in [5.41, 5.74) is 7.82. The van der Waals surface area contributed by atoms with Crippen LogP contribution in [-0.2, 0) is 4.79 Å². The molecular formula is C33H40N4OS. The number of aryl methyl sites for hydroxylation is 1. The van der Waals surface area contributed by atoms with Crippen molar-refractivity contribution in [2.45, 2.75) is 82.7 Å². The van der Waals surface area contributed by atoms with E-state index in [1.807, 2.05) is 5.38 Å². The number of amides is 1. The molecule has 2 heterocycles. The lowest BCUT2D eigenvalue weighted by atomic mass is 9.82. The number of nitrogens with one attached hydrogen (secondary N) is 3. The summed E-state index contributed by atoms with van der Waals surface area (Å²) in [5, 5.41) is 13.6. The Balaban J connectivity index is 0.984. The molecule has 1 saturated heterocycles. The first kappa shape index (κ1) is 26.3. The predicted octanol–water partition coefficient (Wildman–Crippen LogP) is 7.18.